The molecule has 0 aromatic rings. The molecule has 0 aromatic heterocycles. The second kappa shape index (κ2) is 51.5. The van der Waals surface area contributed by atoms with Crippen molar-refractivity contribution in [3.63, 3.8) is 0 Å². The van der Waals surface area contributed by atoms with E-state index in [9.17, 15) is 14.4 Å². The molecular weight excluding hydrogens is 769 g/mol. The summed E-state index contributed by atoms with van der Waals surface area (Å²) < 4.78 is 16.8. The second-order valence-corrected chi connectivity index (χ2v) is 18.5. The molecule has 0 radical (unpaired) electrons. The molecule has 0 spiro atoms. The summed E-state index contributed by atoms with van der Waals surface area (Å²) in [6.07, 6.45) is 58.7. The minimum atomic E-state index is -0.771. The molecule has 0 saturated carbocycles. The number of ether oxygens (including phenoxy) is 3. The van der Waals surface area contributed by atoms with Gasteiger partial charge >= 0.3 is 17.9 Å². The zero-order valence-electron chi connectivity index (χ0n) is 41.7. The minimum absolute atomic E-state index is 0.0706. The van der Waals surface area contributed by atoms with Gasteiger partial charge in [0, 0.05) is 19.3 Å². The molecule has 0 rings (SSSR count). The summed E-state index contributed by atoms with van der Waals surface area (Å²) in [6, 6.07) is 0. The normalized spacial score (nSPS) is 12.1. The predicted molar refractivity (Wildman–Crippen MR) is 266 cm³/mol. The lowest BCUT2D eigenvalue weighted by Crippen LogP contribution is -2.30. The first-order valence-electron chi connectivity index (χ1n) is 27.3. The largest absolute Gasteiger partial charge is 0.462 e. The van der Waals surface area contributed by atoms with Crippen molar-refractivity contribution in [2.75, 3.05) is 13.2 Å². The van der Waals surface area contributed by atoms with E-state index in [1.165, 1.54) is 180 Å². The van der Waals surface area contributed by atoms with Crippen molar-refractivity contribution in [2.45, 2.75) is 303 Å². The molecule has 1 atom stereocenters. The Balaban J connectivity index is 4.34. The van der Waals surface area contributed by atoms with E-state index in [0.29, 0.717) is 19.3 Å². The molecule has 0 saturated heterocycles. The molecule has 62 heavy (non-hydrogen) atoms. The van der Waals surface area contributed by atoms with Crippen molar-refractivity contribution in [3.8, 4) is 0 Å². The number of allylic oxidation sites excluding steroid dienone is 4. The van der Waals surface area contributed by atoms with Gasteiger partial charge in [-0.25, -0.2) is 0 Å². The van der Waals surface area contributed by atoms with Crippen molar-refractivity contribution in [3.05, 3.63) is 24.3 Å². The van der Waals surface area contributed by atoms with E-state index in [1.807, 2.05) is 0 Å². The molecular formula is C56H104O6. The van der Waals surface area contributed by atoms with Crippen molar-refractivity contribution in [1.82, 2.24) is 0 Å². The van der Waals surface area contributed by atoms with Crippen LogP contribution in [0.4, 0.5) is 0 Å². The molecule has 0 heterocycles. The third-order valence-corrected chi connectivity index (χ3v) is 12.2. The Hall–Kier alpha value is -2.11. The van der Waals surface area contributed by atoms with E-state index in [4.69, 9.17) is 14.2 Å². The quantitative estimate of drug-likeness (QED) is 0.0262. The Morgan fingerprint density at radius 2 is 0.581 bits per heavy atom. The summed E-state index contributed by atoms with van der Waals surface area (Å²) in [7, 11) is 0. The molecule has 6 nitrogen and oxygen atoms in total. The highest BCUT2D eigenvalue weighted by Gasteiger charge is 2.19. The van der Waals surface area contributed by atoms with Gasteiger partial charge in [-0.1, -0.05) is 251 Å². The highest BCUT2D eigenvalue weighted by molar-refractivity contribution is 5.71. The summed E-state index contributed by atoms with van der Waals surface area (Å²) in [4.78, 5) is 38.0. The molecule has 0 N–H and O–H groups in total. The maximum absolute atomic E-state index is 12.8. The standard InChI is InChI=1S/C56H104O6/c1-4-7-10-13-16-19-22-25-27-28-30-32-35-38-41-44-47-50-56(59)62-53(51-60-54(57)48-45-42-39-36-33-24-21-18-15-12-9-6-3)52-61-55(58)49-46-43-40-37-34-31-29-26-23-20-17-14-11-8-5-2/h17,20,26,29,53H,4-16,18-19,21-25,27-28,30-52H2,1-3H3/b20-17-,29-26-/t53-/m0/s1. The molecule has 0 aliphatic carbocycles. The molecule has 0 bridgehead atoms. The average Bonchev–Trinajstić information content (AvgIpc) is 3.27. The number of rotatable bonds is 50. The number of unbranched alkanes of at least 4 members (excludes halogenated alkanes) is 35. The van der Waals surface area contributed by atoms with E-state index in [1.54, 1.807) is 0 Å². The molecule has 0 fully saturated rings. The summed E-state index contributed by atoms with van der Waals surface area (Å²) in [5.41, 5.74) is 0. The van der Waals surface area contributed by atoms with Crippen LogP contribution in [0.5, 0.6) is 0 Å². The van der Waals surface area contributed by atoms with Crippen LogP contribution >= 0.6 is 0 Å². The summed E-state index contributed by atoms with van der Waals surface area (Å²) in [6.45, 7) is 6.64. The van der Waals surface area contributed by atoms with Gasteiger partial charge in [0.2, 0.25) is 0 Å². The Labute approximate surface area is 385 Å². The fourth-order valence-electron chi connectivity index (χ4n) is 8.06. The Kier molecular flexibility index (Phi) is 49.8. The van der Waals surface area contributed by atoms with E-state index in [-0.39, 0.29) is 31.1 Å². The van der Waals surface area contributed by atoms with E-state index in [2.05, 4.69) is 45.1 Å². The van der Waals surface area contributed by atoms with Gasteiger partial charge in [0.1, 0.15) is 13.2 Å². The van der Waals surface area contributed by atoms with Crippen LogP contribution in [0.1, 0.15) is 297 Å². The van der Waals surface area contributed by atoms with Crippen LogP contribution in [0.25, 0.3) is 0 Å². The number of hydrogen-bond acceptors (Lipinski definition) is 6. The van der Waals surface area contributed by atoms with Crippen LogP contribution in [0.2, 0.25) is 0 Å². The van der Waals surface area contributed by atoms with Gasteiger partial charge < -0.3 is 14.2 Å². The van der Waals surface area contributed by atoms with Crippen molar-refractivity contribution in [2.24, 2.45) is 0 Å². The summed E-state index contributed by atoms with van der Waals surface area (Å²) >= 11 is 0. The SMILES string of the molecule is CCCCC/C=C\C/C=C\CCCCCCCC(=O)OC[C@H](COC(=O)CCCCCCCCCCCCCC)OC(=O)CCCCCCCCCCCCCCCCCCC. The van der Waals surface area contributed by atoms with Crippen LogP contribution in [-0.4, -0.2) is 37.2 Å². The van der Waals surface area contributed by atoms with Crippen LogP contribution in [0.15, 0.2) is 24.3 Å². The van der Waals surface area contributed by atoms with Gasteiger partial charge in [-0.2, -0.15) is 0 Å². The van der Waals surface area contributed by atoms with Gasteiger partial charge in [-0.05, 0) is 51.4 Å². The fourth-order valence-corrected chi connectivity index (χ4v) is 8.06. The molecule has 0 aromatic carbocycles. The van der Waals surface area contributed by atoms with E-state index >= 15 is 0 Å². The van der Waals surface area contributed by atoms with Crippen molar-refractivity contribution in [1.29, 1.82) is 0 Å². The van der Waals surface area contributed by atoms with Gasteiger partial charge in [0.05, 0.1) is 0 Å². The van der Waals surface area contributed by atoms with Gasteiger partial charge in [0.25, 0.3) is 0 Å². The van der Waals surface area contributed by atoms with Gasteiger partial charge in [0.15, 0.2) is 6.10 Å². The lowest BCUT2D eigenvalue weighted by molar-refractivity contribution is -0.167. The molecule has 364 valence electrons. The molecule has 0 unspecified atom stereocenters. The summed E-state index contributed by atoms with van der Waals surface area (Å²) in [5.74, 6) is -0.867. The minimum Gasteiger partial charge on any atom is -0.462 e. The van der Waals surface area contributed by atoms with Crippen LogP contribution in [0.3, 0.4) is 0 Å². The monoisotopic (exact) mass is 873 g/mol. The first kappa shape index (κ1) is 59.9. The maximum Gasteiger partial charge on any atom is 0.306 e. The molecule has 0 aliphatic heterocycles. The lowest BCUT2D eigenvalue weighted by Gasteiger charge is -2.18. The van der Waals surface area contributed by atoms with Crippen molar-refractivity contribution < 1.29 is 28.6 Å². The third kappa shape index (κ3) is 48.9. The predicted octanol–water partition coefficient (Wildman–Crippen LogP) is 17.9. The second-order valence-electron chi connectivity index (χ2n) is 18.5. The summed E-state index contributed by atoms with van der Waals surface area (Å²) in [5, 5.41) is 0. The number of esters is 3. The van der Waals surface area contributed by atoms with E-state index < -0.39 is 6.10 Å². The van der Waals surface area contributed by atoms with Crippen LogP contribution in [-0.2, 0) is 28.6 Å². The van der Waals surface area contributed by atoms with Crippen molar-refractivity contribution >= 4 is 17.9 Å². The highest BCUT2D eigenvalue weighted by atomic mass is 16.6. The maximum atomic E-state index is 12.8. The third-order valence-electron chi connectivity index (χ3n) is 12.2. The van der Waals surface area contributed by atoms with E-state index in [0.717, 1.165) is 77.0 Å². The van der Waals surface area contributed by atoms with Gasteiger partial charge in [-0.3, -0.25) is 14.4 Å². The van der Waals surface area contributed by atoms with Crippen LogP contribution < -0.4 is 0 Å². The highest BCUT2D eigenvalue weighted by Crippen LogP contribution is 2.16. The Morgan fingerprint density at radius 3 is 0.919 bits per heavy atom. The fraction of sp³-hybridized carbons (Fsp3) is 0.875. The average molecular weight is 873 g/mol. The molecule has 6 heteroatoms. The smallest absolute Gasteiger partial charge is 0.306 e. The van der Waals surface area contributed by atoms with Gasteiger partial charge in [-0.15, -0.1) is 0 Å². The number of hydrogen-bond donors (Lipinski definition) is 0. The zero-order valence-corrected chi connectivity index (χ0v) is 41.7. The Morgan fingerprint density at radius 1 is 0.323 bits per heavy atom. The topological polar surface area (TPSA) is 78.9 Å². The van der Waals surface area contributed by atoms with Crippen LogP contribution in [0, 0.1) is 0 Å². The Bertz CT molecular complexity index is 1000. The first-order valence-corrected chi connectivity index (χ1v) is 27.3. The first-order chi connectivity index (χ1) is 30.5. The zero-order chi connectivity index (χ0) is 45.1. The number of carbonyl (C=O) groups excluding carboxylic acids is 3. The lowest BCUT2D eigenvalue weighted by atomic mass is 10.0. The molecule has 0 amide bonds. The number of carbonyl (C=O) groups is 3. The molecule has 0 aliphatic rings.